The van der Waals surface area contributed by atoms with Gasteiger partial charge in [-0.3, -0.25) is 4.79 Å². The van der Waals surface area contributed by atoms with Crippen LogP contribution in [0.3, 0.4) is 0 Å². The molecule has 1 aromatic rings. The maximum absolute atomic E-state index is 12.0. The van der Waals surface area contributed by atoms with Gasteiger partial charge in [0.05, 0.1) is 17.4 Å². The van der Waals surface area contributed by atoms with E-state index in [0.717, 1.165) is 31.7 Å². The average molecular weight is 222 g/mol. The summed E-state index contributed by atoms with van der Waals surface area (Å²) < 4.78 is 5.26. The van der Waals surface area contributed by atoms with Gasteiger partial charge in [-0.1, -0.05) is 6.92 Å². The molecule has 4 heteroatoms. The third-order valence-electron chi connectivity index (χ3n) is 3.10. The van der Waals surface area contributed by atoms with Crippen molar-refractivity contribution in [1.82, 2.24) is 10.6 Å². The van der Waals surface area contributed by atoms with Gasteiger partial charge >= 0.3 is 0 Å². The van der Waals surface area contributed by atoms with Crippen LogP contribution in [0.5, 0.6) is 0 Å². The smallest absolute Gasteiger partial charge is 0.255 e. The molecule has 0 saturated carbocycles. The Hall–Kier alpha value is -1.29. The van der Waals surface area contributed by atoms with Crippen LogP contribution in [0.4, 0.5) is 0 Å². The number of carbonyl (C=O) groups is 1. The van der Waals surface area contributed by atoms with Gasteiger partial charge in [-0.25, -0.2) is 0 Å². The fourth-order valence-electron chi connectivity index (χ4n) is 2.08. The molecule has 0 aliphatic carbocycles. The van der Waals surface area contributed by atoms with Crippen LogP contribution >= 0.6 is 0 Å². The van der Waals surface area contributed by atoms with Gasteiger partial charge in [-0.2, -0.15) is 0 Å². The molecule has 1 atom stereocenters. The summed E-state index contributed by atoms with van der Waals surface area (Å²) >= 11 is 0. The lowest BCUT2D eigenvalue weighted by Gasteiger charge is -2.24. The van der Waals surface area contributed by atoms with Crippen LogP contribution in [0.25, 0.3) is 0 Å². The first-order valence-corrected chi connectivity index (χ1v) is 5.74. The number of nitrogens with one attached hydrogen (secondary N) is 2. The maximum atomic E-state index is 12.0. The molecular formula is C12H18N2O2. The predicted octanol–water partition coefficient (Wildman–Crippen LogP) is 1.32. The molecule has 0 aromatic carbocycles. The van der Waals surface area contributed by atoms with E-state index in [2.05, 4.69) is 17.6 Å². The van der Waals surface area contributed by atoms with E-state index in [0.29, 0.717) is 5.56 Å². The molecule has 0 spiro atoms. The molecule has 1 aliphatic rings. The quantitative estimate of drug-likeness (QED) is 0.811. The first-order valence-electron chi connectivity index (χ1n) is 5.74. The Kier molecular flexibility index (Phi) is 3.01. The van der Waals surface area contributed by atoms with Gasteiger partial charge in [0.25, 0.3) is 5.91 Å². The summed E-state index contributed by atoms with van der Waals surface area (Å²) in [4.78, 5) is 12.0. The van der Waals surface area contributed by atoms with Gasteiger partial charge in [-0.15, -0.1) is 0 Å². The van der Waals surface area contributed by atoms with Crippen LogP contribution < -0.4 is 10.6 Å². The Morgan fingerprint density at radius 1 is 1.69 bits per heavy atom. The number of rotatable bonds is 3. The maximum Gasteiger partial charge on any atom is 0.255 e. The SMILES string of the molecule is CCc1occc1C(=O)NC1(C)CCNC1. The van der Waals surface area contributed by atoms with E-state index in [9.17, 15) is 4.79 Å². The molecule has 4 nitrogen and oxygen atoms in total. The molecular weight excluding hydrogens is 204 g/mol. The highest BCUT2D eigenvalue weighted by Crippen LogP contribution is 2.16. The Labute approximate surface area is 95.4 Å². The number of furan rings is 1. The second-order valence-corrected chi connectivity index (χ2v) is 4.55. The molecule has 0 bridgehead atoms. The second kappa shape index (κ2) is 4.29. The molecule has 1 aliphatic heterocycles. The van der Waals surface area contributed by atoms with E-state index < -0.39 is 0 Å². The molecule has 0 radical (unpaired) electrons. The minimum Gasteiger partial charge on any atom is -0.469 e. The van der Waals surface area contributed by atoms with Crippen molar-refractivity contribution >= 4 is 5.91 Å². The predicted molar refractivity (Wildman–Crippen MR) is 61.4 cm³/mol. The van der Waals surface area contributed by atoms with Gasteiger partial charge in [0, 0.05) is 13.0 Å². The highest BCUT2D eigenvalue weighted by Gasteiger charge is 2.31. The number of hydrogen-bond donors (Lipinski definition) is 2. The van der Waals surface area contributed by atoms with E-state index in [1.165, 1.54) is 0 Å². The summed E-state index contributed by atoms with van der Waals surface area (Å²) in [5.74, 6) is 0.726. The zero-order valence-electron chi connectivity index (χ0n) is 9.80. The number of hydrogen-bond acceptors (Lipinski definition) is 3. The van der Waals surface area contributed by atoms with Crippen LogP contribution in [0.15, 0.2) is 16.7 Å². The van der Waals surface area contributed by atoms with E-state index in [-0.39, 0.29) is 11.4 Å². The van der Waals surface area contributed by atoms with E-state index in [1.807, 2.05) is 6.92 Å². The molecule has 1 fully saturated rings. The molecule has 88 valence electrons. The largest absolute Gasteiger partial charge is 0.469 e. The third-order valence-corrected chi connectivity index (χ3v) is 3.10. The van der Waals surface area contributed by atoms with Crippen molar-refractivity contribution in [2.24, 2.45) is 0 Å². The van der Waals surface area contributed by atoms with E-state index in [4.69, 9.17) is 4.42 Å². The monoisotopic (exact) mass is 222 g/mol. The van der Waals surface area contributed by atoms with Gasteiger partial charge in [0.1, 0.15) is 5.76 Å². The van der Waals surface area contributed by atoms with Crippen molar-refractivity contribution < 1.29 is 9.21 Å². The first-order chi connectivity index (χ1) is 7.64. The van der Waals surface area contributed by atoms with Crippen LogP contribution in [0, 0.1) is 0 Å². The van der Waals surface area contributed by atoms with Gasteiger partial charge in [0.15, 0.2) is 0 Å². The first kappa shape index (κ1) is 11.2. The van der Waals surface area contributed by atoms with E-state index >= 15 is 0 Å². The minimum atomic E-state index is -0.126. The number of aryl methyl sites for hydroxylation is 1. The highest BCUT2D eigenvalue weighted by molar-refractivity contribution is 5.95. The van der Waals surface area contributed by atoms with Gasteiger partial charge < -0.3 is 15.1 Å². The summed E-state index contributed by atoms with van der Waals surface area (Å²) in [6, 6.07) is 1.74. The summed E-state index contributed by atoms with van der Waals surface area (Å²) in [6.45, 7) is 5.84. The topological polar surface area (TPSA) is 54.3 Å². The normalized spacial score (nSPS) is 24.6. The molecule has 2 rings (SSSR count). The molecule has 1 amide bonds. The summed E-state index contributed by atoms with van der Waals surface area (Å²) in [7, 11) is 0. The molecule has 1 unspecified atom stereocenters. The second-order valence-electron chi connectivity index (χ2n) is 4.55. The fraction of sp³-hybridized carbons (Fsp3) is 0.583. The lowest BCUT2D eigenvalue weighted by atomic mass is 10.0. The zero-order valence-corrected chi connectivity index (χ0v) is 9.80. The van der Waals surface area contributed by atoms with Gasteiger partial charge in [0.2, 0.25) is 0 Å². The Morgan fingerprint density at radius 2 is 2.50 bits per heavy atom. The minimum absolute atomic E-state index is 0.0307. The van der Waals surface area contributed by atoms with Crippen molar-refractivity contribution in [2.75, 3.05) is 13.1 Å². The Morgan fingerprint density at radius 3 is 3.12 bits per heavy atom. The standard InChI is InChI=1S/C12H18N2O2/c1-3-10-9(4-7-16-10)11(15)14-12(2)5-6-13-8-12/h4,7,13H,3,5-6,8H2,1-2H3,(H,14,15). The highest BCUT2D eigenvalue weighted by atomic mass is 16.3. The zero-order chi connectivity index (χ0) is 11.6. The Bertz CT molecular complexity index is 378. The fourth-order valence-corrected chi connectivity index (χ4v) is 2.08. The van der Waals surface area contributed by atoms with Crippen molar-refractivity contribution in [1.29, 1.82) is 0 Å². The molecule has 2 heterocycles. The van der Waals surface area contributed by atoms with Crippen LogP contribution in [0.1, 0.15) is 36.4 Å². The van der Waals surface area contributed by atoms with Crippen molar-refractivity contribution in [3.05, 3.63) is 23.7 Å². The molecule has 2 N–H and O–H groups in total. The summed E-state index contributed by atoms with van der Waals surface area (Å²) in [6.07, 6.45) is 3.28. The van der Waals surface area contributed by atoms with E-state index in [1.54, 1.807) is 12.3 Å². The number of carbonyl (C=O) groups excluding carboxylic acids is 1. The third kappa shape index (κ3) is 2.11. The molecule has 1 saturated heterocycles. The van der Waals surface area contributed by atoms with Crippen molar-refractivity contribution in [2.45, 2.75) is 32.2 Å². The Balaban J connectivity index is 2.08. The molecule has 16 heavy (non-hydrogen) atoms. The van der Waals surface area contributed by atoms with Crippen LogP contribution in [0.2, 0.25) is 0 Å². The lowest BCUT2D eigenvalue weighted by Crippen LogP contribution is -2.47. The van der Waals surface area contributed by atoms with Crippen molar-refractivity contribution in [3.8, 4) is 0 Å². The average Bonchev–Trinajstić information content (AvgIpc) is 2.85. The van der Waals surface area contributed by atoms with Gasteiger partial charge in [-0.05, 0) is 26.0 Å². The van der Waals surface area contributed by atoms with Crippen LogP contribution in [-0.4, -0.2) is 24.5 Å². The molecule has 1 aromatic heterocycles. The number of amides is 1. The van der Waals surface area contributed by atoms with Crippen molar-refractivity contribution in [3.63, 3.8) is 0 Å². The summed E-state index contributed by atoms with van der Waals surface area (Å²) in [5.41, 5.74) is 0.537. The lowest BCUT2D eigenvalue weighted by molar-refractivity contribution is 0.0911. The van der Waals surface area contributed by atoms with Crippen LogP contribution in [-0.2, 0) is 6.42 Å². The summed E-state index contributed by atoms with van der Waals surface area (Å²) in [5, 5.41) is 6.32.